The van der Waals surface area contributed by atoms with E-state index in [0.29, 0.717) is 17.5 Å². The summed E-state index contributed by atoms with van der Waals surface area (Å²) >= 11 is 4.77. The predicted molar refractivity (Wildman–Crippen MR) is 133 cm³/mol. The molecule has 0 aliphatic heterocycles. The van der Waals surface area contributed by atoms with Gasteiger partial charge in [-0.05, 0) is 48.2 Å². The van der Waals surface area contributed by atoms with E-state index in [1.165, 1.54) is 11.8 Å². The van der Waals surface area contributed by atoms with E-state index in [4.69, 9.17) is 4.74 Å². The molecular weight excluding hydrogens is 488 g/mol. The van der Waals surface area contributed by atoms with Crippen molar-refractivity contribution in [2.45, 2.75) is 45.0 Å². The number of nitrogens with one attached hydrogen (secondary N) is 1. The summed E-state index contributed by atoms with van der Waals surface area (Å²) < 4.78 is 8.74. The van der Waals surface area contributed by atoms with Crippen LogP contribution in [0.4, 0.5) is 5.69 Å². The van der Waals surface area contributed by atoms with E-state index in [1.54, 1.807) is 6.08 Å². The number of nitrogens with zero attached hydrogens (tertiary/aromatic N) is 3. The summed E-state index contributed by atoms with van der Waals surface area (Å²) in [6, 6.07) is 13.8. The fraction of sp³-hybridized carbons (Fsp3) is 0.292. The monoisotopic (exact) mass is 514 g/mol. The van der Waals surface area contributed by atoms with Crippen LogP contribution in [0.25, 0.3) is 0 Å². The lowest BCUT2D eigenvalue weighted by atomic mass is 10.0. The summed E-state index contributed by atoms with van der Waals surface area (Å²) in [4.78, 5) is 12.7. The van der Waals surface area contributed by atoms with Crippen LogP contribution in [-0.2, 0) is 30.8 Å². The largest absolute Gasteiger partial charge is 0.486 e. The molecule has 1 N–H and O–H groups in total. The Labute approximate surface area is 201 Å². The first kappa shape index (κ1) is 24.1. The maximum Gasteiger partial charge on any atom is 0.234 e. The number of ether oxygens (including phenoxy) is 1. The van der Waals surface area contributed by atoms with Gasteiger partial charge in [0, 0.05) is 16.7 Å². The predicted octanol–water partition coefficient (Wildman–Crippen LogP) is 5.66. The van der Waals surface area contributed by atoms with E-state index in [0.717, 1.165) is 39.9 Å². The second-order valence-electron chi connectivity index (χ2n) is 7.04. The third-order valence-corrected chi connectivity index (χ3v) is 6.38. The number of allylic oxidation sites excluding steroid dienone is 1. The van der Waals surface area contributed by atoms with E-state index in [1.807, 2.05) is 34.9 Å². The summed E-state index contributed by atoms with van der Waals surface area (Å²) in [7, 11) is 0. The number of benzene rings is 2. The molecule has 0 aliphatic rings. The summed E-state index contributed by atoms with van der Waals surface area (Å²) in [5.41, 5.74) is 3.22. The molecule has 6 nitrogen and oxygen atoms in total. The molecule has 0 radical (unpaired) electrons. The first-order valence-electron chi connectivity index (χ1n) is 10.5. The molecule has 0 fully saturated rings. The van der Waals surface area contributed by atoms with Crippen LogP contribution in [0.3, 0.4) is 0 Å². The van der Waals surface area contributed by atoms with Crippen molar-refractivity contribution in [1.29, 1.82) is 0 Å². The van der Waals surface area contributed by atoms with Crippen molar-refractivity contribution in [3.8, 4) is 5.75 Å². The van der Waals surface area contributed by atoms with Crippen LogP contribution >= 0.6 is 27.7 Å². The lowest BCUT2D eigenvalue weighted by Crippen LogP contribution is -2.17. The van der Waals surface area contributed by atoms with Crippen LogP contribution in [0.15, 0.2) is 64.7 Å². The number of hydrogen-bond donors (Lipinski definition) is 1. The Balaban J connectivity index is 1.65. The molecule has 1 aromatic heterocycles. The zero-order chi connectivity index (χ0) is 22.9. The number of carbonyl (C=O) groups is 1. The van der Waals surface area contributed by atoms with E-state index < -0.39 is 0 Å². The Kier molecular flexibility index (Phi) is 8.93. The molecule has 0 unspecified atom stereocenters. The number of carbonyl (C=O) groups excluding carboxylic acids is 1. The highest BCUT2D eigenvalue weighted by atomic mass is 79.9. The normalized spacial score (nSPS) is 10.7. The van der Waals surface area contributed by atoms with Gasteiger partial charge in [-0.25, -0.2) is 0 Å². The summed E-state index contributed by atoms with van der Waals surface area (Å²) in [5.74, 6) is 1.60. The highest BCUT2D eigenvalue weighted by molar-refractivity contribution is 9.10. The number of hydrogen-bond acceptors (Lipinski definition) is 5. The summed E-state index contributed by atoms with van der Waals surface area (Å²) in [5, 5.41) is 12.3. The molecule has 0 aliphatic carbocycles. The number of aryl methyl sites for hydroxylation is 2. The molecule has 0 atom stereocenters. The van der Waals surface area contributed by atoms with Gasteiger partial charge >= 0.3 is 0 Å². The Morgan fingerprint density at radius 3 is 2.47 bits per heavy atom. The number of amides is 1. The van der Waals surface area contributed by atoms with Gasteiger partial charge in [0.05, 0.1) is 5.75 Å². The molecule has 8 heteroatoms. The minimum atomic E-state index is -0.0635. The Morgan fingerprint density at radius 1 is 1.16 bits per heavy atom. The van der Waals surface area contributed by atoms with E-state index in [2.05, 4.69) is 64.0 Å². The number of halogens is 1. The topological polar surface area (TPSA) is 69.0 Å². The van der Waals surface area contributed by atoms with Gasteiger partial charge in [-0.2, -0.15) is 0 Å². The van der Waals surface area contributed by atoms with Crippen LogP contribution in [0, 0.1) is 0 Å². The second kappa shape index (κ2) is 11.9. The molecule has 3 aromatic rings. The van der Waals surface area contributed by atoms with Crippen molar-refractivity contribution in [3.05, 3.63) is 76.5 Å². The molecule has 1 amide bonds. The molecule has 0 spiro atoms. The number of para-hydroxylation sites is 1. The molecule has 1 heterocycles. The minimum Gasteiger partial charge on any atom is -0.486 e. The minimum absolute atomic E-state index is 0.0635. The van der Waals surface area contributed by atoms with Crippen LogP contribution < -0.4 is 10.1 Å². The second-order valence-corrected chi connectivity index (χ2v) is 8.89. The fourth-order valence-electron chi connectivity index (χ4n) is 3.23. The maximum absolute atomic E-state index is 12.7. The van der Waals surface area contributed by atoms with Gasteiger partial charge in [0.2, 0.25) is 5.91 Å². The number of thioether (sulfide) groups is 1. The number of anilines is 1. The Bertz CT molecular complexity index is 1040. The molecule has 0 saturated carbocycles. The van der Waals surface area contributed by atoms with Crippen molar-refractivity contribution in [1.82, 2.24) is 14.8 Å². The standard InChI is InChI=1S/C24H27BrN4O2S/c1-4-14-29-21(15-31-20-12-10-19(25)11-13-20)27-28-24(29)32-16-22(30)26-23-17(5-2)8-7-9-18(23)6-3/h4,7-13H,1,5-6,14-16H2,2-3H3,(H,26,30). The lowest BCUT2D eigenvalue weighted by Gasteiger charge is -2.14. The highest BCUT2D eigenvalue weighted by Crippen LogP contribution is 2.24. The van der Waals surface area contributed by atoms with Crippen LogP contribution in [-0.4, -0.2) is 26.4 Å². The molecule has 0 bridgehead atoms. The summed E-state index contributed by atoms with van der Waals surface area (Å²) in [6.45, 7) is 8.82. The summed E-state index contributed by atoms with van der Waals surface area (Å²) in [6.07, 6.45) is 3.51. The number of rotatable bonds is 11. The van der Waals surface area contributed by atoms with Crippen LogP contribution in [0.2, 0.25) is 0 Å². The van der Waals surface area contributed by atoms with Gasteiger partial charge < -0.3 is 10.1 Å². The molecule has 3 rings (SSSR count). The molecule has 0 saturated heterocycles. The molecule has 168 valence electrons. The quantitative estimate of drug-likeness (QED) is 0.264. The average Bonchev–Trinajstić information content (AvgIpc) is 3.19. The zero-order valence-corrected chi connectivity index (χ0v) is 20.7. The first-order valence-corrected chi connectivity index (χ1v) is 12.3. The van der Waals surface area contributed by atoms with Gasteiger partial charge in [-0.1, -0.05) is 65.8 Å². The smallest absolute Gasteiger partial charge is 0.234 e. The van der Waals surface area contributed by atoms with Crippen molar-refractivity contribution < 1.29 is 9.53 Å². The van der Waals surface area contributed by atoms with Gasteiger partial charge in [0.1, 0.15) is 12.4 Å². The third kappa shape index (κ3) is 6.23. The fourth-order valence-corrected chi connectivity index (χ4v) is 4.26. The van der Waals surface area contributed by atoms with Crippen molar-refractivity contribution in [2.75, 3.05) is 11.1 Å². The maximum atomic E-state index is 12.7. The zero-order valence-electron chi connectivity index (χ0n) is 18.3. The SMILES string of the molecule is C=CCn1c(COc2ccc(Br)cc2)nnc1SCC(=O)Nc1c(CC)cccc1CC. The van der Waals surface area contributed by atoms with Gasteiger partial charge in [-0.3, -0.25) is 9.36 Å². The van der Waals surface area contributed by atoms with Crippen LogP contribution in [0.5, 0.6) is 5.75 Å². The number of aromatic nitrogens is 3. The molecule has 2 aromatic carbocycles. The van der Waals surface area contributed by atoms with E-state index in [9.17, 15) is 4.79 Å². The average molecular weight is 515 g/mol. The molecule has 32 heavy (non-hydrogen) atoms. The van der Waals surface area contributed by atoms with Gasteiger partial charge in [-0.15, -0.1) is 16.8 Å². The third-order valence-electron chi connectivity index (χ3n) is 4.88. The van der Waals surface area contributed by atoms with E-state index >= 15 is 0 Å². The van der Waals surface area contributed by atoms with Crippen molar-refractivity contribution in [2.24, 2.45) is 0 Å². The highest BCUT2D eigenvalue weighted by Gasteiger charge is 2.15. The van der Waals surface area contributed by atoms with Crippen molar-refractivity contribution in [3.63, 3.8) is 0 Å². The first-order chi connectivity index (χ1) is 15.5. The van der Waals surface area contributed by atoms with Gasteiger partial charge in [0.15, 0.2) is 11.0 Å². The van der Waals surface area contributed by atoms with Gasteiger partial charge in [0.25, 0.3) is 0 Å². The van der Waals surface area contributed by atoms with E-state index in [-0.39, 0.29) is 18.3 Å². The Morgan fingerprint density at radius 2 is 1.84 bits per heavy atom. The van der Waals surface area contributed by atoms with Crippen molar-refractivity contribution >= 4 is 39.3 Å². The Hall–Kier alpha value is -2.58. The van der Waals surface area contributed by atoms with Crippen LogP contribution in [0.1, 0.15) is 30.8 Å². The molecular formula is C24H27BrN4O2S. The lowest BCUT2D eigenvalue weighted by molar-refractivity contribution is -0.113.